The Balaban J connectivity index is 2.46. The summed E-state index contributed by atoms with van der Waals surface area (Å²) in [4.78, 5) is 14.2. The van der Waals surface area contributed by atoms with Crippen molar-refractivity contribution in [2.45, 2.75) is 20.4 Å². The highest BCUT2D eigenvalue weighted by Crippen LogP contribution is 2.15. The Kier molecular flexibility index (Phi) is 7.92. The standard InChI is InChI=1S/C14H25BrN4O2/c1-11(2)10-19-14(20)13(15)12(9-17-19)16-5-7-21-8-6-18(3)4/h9,11,16H,5-8,10H2,1-4H3. The van der Waals surface area contributed by atoms with Crippen LogP contribution in [0.5, 0.6) is 0 Å². The molecule has 21 heavy (non-hydrogen) atoms. The molecule has 0 unspecified atom stereocenters. The van der Waals surface area contributed by atoms with Gasteiger partial charge in [0, 0.05) is 19.6 Å². The summed E-state index contributed by atoms with van der Waals surface area (Å²) in [5.41, 5.74) is 0.596. The Morgan fingerprint density at radius 1 is 1.43 bits per heavy atom. The van der Waals surface area contributed by atoms with E-state index in [0.29, 0.717) is 42.4 Å². The average Bonchev–Trinajstić information content (AvgIpc) is 2.40. The van der Waals surface area contributed by atoms with Gasteiger partial charge in [-0.3, -0.25) is 4.79 Å². The Morgan fingerprint density at radius 3 is 2.76 bits per heavy atom. The highest BCUT2D eigenvalue weighted by atomic mass is 79.9. The molecule has 0 atom stereocenters. The number of likely N-dealkylation sites (N-methyl/N-ethyl adjacent to an activating group) is 1. The van der Waals surface area contributed by atoms with Gasteiger partial charge >= 0.3 is 0 Å². The summed E-state index contributed by atoms with van der Waals surface area (Å²) >= 11 is 3.34. The van der Waals surface area contributed by atoms with Gasteiger partial charge in [-0.2, -0.15) is 5.10 Å². The fourth-order valence-corrected chi connectivity index (χ4v) is 2.12. The van der Waals surface area contributed by atoms with Crippen LogP contribution < -0.4 is 10.9 Å². The monoisotopic (exact) mass is 360 g/mol. The highest BCUT2D eigenvalue weighted by Gasteiger charge is 2.09. The maximum absolute atomic E-state index is 12.1. The van der Waals surface area contributed by atoms with E-state index < -0.39 is 0 Å². The van der Waals surface area contributed by atoms with E-state index in [9.17, 15) is 4.79 Å². The van der Waals surface area contributed by atoms with Crippen LogP contribution in [-0.2, 0) is 11.3 Å². The molecular weight excluding hydrogens is 336 g/mol. The third kappa shape index (κ3) is 6.58. The molecule has 0 bridgehead atoms. The normalized spacial score (nSPS) is 11.4. The number of anilines is 1. The van der Waals surface area contributed by atoms with Crippen molar-refractivity contribution >= 4 is 21.6 Å². The molecule has 1 heterocycles. The van der Waals surface area contributed by atoms with E-state index in [4.69, 9.17) is 4.74 Å². The minimum atomic E-state index is -0.109. The van der Waals surface area contributed by atoms with Crippen LogP contribution in [0.3, 0.4) is 0 Å². The molecule has 1 rings (SSSR count). The van der Waals surface area contributed by atoms with Gasteiger partial charge < -0.3 is 15.0 Å². The second-order valence-corrected chi connectivity index (χ2v) is 6.39. The zero-order valence-electron chi connectivity index (χ0n) is 13.2. The van der Waals surface area contributed by atoms with Crippen LogP contribution in [0.1, 0.15) is 13.8 Å². The topological polar surface area (TPSA) is 59.4 Å². The summed E-state index contributed by atoms with van der Waals surface area (Å²) in [6.07, 6.45) is 1.67. The summed E-state index contributed by atoms with van der Waals surface area (Å²) in [7, 11) is 4.02. The number of ether oxygens (including phenoxy) is 1. The molecule has 7 heteroatoms. The van der Waals surface area contributed by atoms with E-state index in [0.717, 1.165) is 6.54 Å². The second kappa shape index (κ2) is 9.17. The van der Waals surface area contributed by atoms with Crippen molar-refractivity contribution < 1.29 is 4.74 Å². The van der Waals surface area contributed by atoms with Crippen LogP contribution in [-0.4, -0.2) is 55.1 Å². The van der Waals surface area contributed by atoms with Crippen molar-refractivity contribution in [2.24, 2.45) is 5.92 Å². The van der Waals surface area contributed by atoms with E-state index in [2.05, 4.69) is 45.1 Å². The van der Waals surface area contributed by atoms with Crippen molar-refractivity contribution in [3.63, 3.8) is 0 Å². The molecule has 6 nitrogen and oxygen atoms in total. The van der Waals surface area contributed by atoms with Gasteiger partial charge in [-0.05, 0) is 35.9 Å². The van der Waals surface area contributed by atoms with E-state index >= 15 is 0 Å². The van der Waals surface area contributed by atoms with Gasteiger partial charge in [0.1, 0.15) is 4.47 Å². The van der Waals surface area contributed by atoms with Crippen LogP contribution in [0.25, 0.3) is 0 Å². The molecule has 1 aromatic heterocycles. The maximum atomic E-state index is 12.1. The minimum Gasteiger partial charge on any atom is -0.380 e. The SMILES string of the molecule is CC(C)Cn1ncc(NCCOCCN(C)C)c(Br)c1=O. The summed E-state index contributed by atoms with van der Waals surface area (Å²) in [6.45, 7) is 7.56. The molecule has 0 aromatic carbocycles. The van der Waals surface area contributed by atoms with Crippen LogP contribution in [0.4, 0.5) is 5.69 Å². The molecule has 0 saturated carbocycles. The Labute approximate surface area is 134 Å². The molecule has 0 spiro atoms. The number of rotatable bonds is 9. The van der Waals surface area contributed by atoms with Crippen molar-refractivity contribution in [1.29, 1.82) is 0 Å². The van der Waals surface area contributed by atoms with Gasteiger partial charge in [0.05, 0.1) is 25.1 Å². The van der Waals surface area contributed by atoms with Crippen molar-refractivity contribution in [2.75, 3.05) is 45.7 Å². The van der Waals surface area contributed by atoms with Gasteiger partial charge in [-0.15, -0.1) is 0 Å². The van der Waals surface area contributed by atoms with E-state index in [1.54, 1.807) is 6.20 Å². The first kappa shape index (κ1) is 18.1. The van der Waals surface area contributed by atoms with Crippen LogP contribution in [0, 0.1) is 5.92 Å². The maximum Gasteiger partial charge on any atom is 0.283 e. The number of aromatic nitrogens is 2. The highest BCUT2D eigenvalue weighted by molar-refractivity contribution is 9.10. The Bertz CT molecular complexity index is 488. The molecule has 0 aliphatic heterocycles. The van der Waals surface area contributed by atoms with Crippen molar-refractivity contribution in [1.82, 2.24) is 14.7 Å². The lowest BCUT2D eigenvalue weighted by molar-refractivity contribution is 0.126. The number of halogens is 1. The number of nitrogens with one attached hydrogen (secondary N) is 1. The fourth-order valence-electron chi connectivity index (χ4n) is 1.67. The molecule has 0 radical (unpaired) electrons. The number of nitrogens with zero attached hydrogens (tertiary/aromatic N) is 3. The first-order valence-corrected chi connectivity index (χ1v) is 7.93. The predicted molar refractivity (Wildman–Crippen MR) is 88.9 cm³/mol. The number of hydrogen-bond donors (Lipinski definition) is 1. The van der Waals surface area contributed by atoms with E-state index in [-0.39, 0.29) is 5.56 Å². The Hall–Kier alpha value is -0.920. The molecule has 0 aliphatic rings. The van der Waals surface area contributed by atoms with Gasteiger partial charge in [0.15, 0.2) is 0 Å². The van der Waals surface area contributed by atoms with Gasteiger partial charge in [-0.1, -0.05) is 13.8 Å². The smallest absolute Gasteiger partial charge is 0.283 e. The van der Waals surface area contributed by atoms with Gasteiger partial charge in [0.25, 0.3) is 5.56 Å². The second-order valence-electron chi connectivity index (χ2n) is 5.60. The van der Waals surface area contributed by atoms with Gasteiger partial charge in [0.2, 0.25) is 0 Å². The first-order valence-electron chi connectivity index (χ1n) is 7.13. The van der Waals surface area contributed by atoms with Crippen LogP contribution >= 0.6 is 15.9 Å². The molecular formula is C14H25BrN4O2. The molecule has 120 valence electrons. The largest absolute Gasteiger partial charge is 0.380 e. The third-order valence-corrected chi connectivity index (χ3v) is 3.53. The molecule has 0 amide bonds. The summed E-state index contributed by atoms with van der Waals surface area (Å²) in [5, 5.41) is 7.34. The van der Waals surface area contributed by atoms with Crippen LogP contribution in [0.15, 0.2) is 15.5 Å². The first-order chi connectivity index (χ1) is 9.91. The van der Waals surface area contributed by atoms with E-state index in [1.807, 2.05) is 14.1 Å². The summed E-state index contributed by atoms with van der Waals surface area (Å²) in [6, 6.07) is 0. The lowest BCUT2D eigenvalue weighted by Gasteiger charge is -2.12. The molecule has 1 aromatic rings. The van der Waals surface area contributed by atoms with E-state index in [1.165, 1.54) is 4.68 Å². The predicted octanol–water partition coefficient (Wildman–Crippen LogP) is 1.65. The minimum absolute atomic E-state index is 0.109. The third-order valence-electron chi connectivity index (χ3n) is 2.77. The molecule has 0 aliphatic carbocycles. The summed E-state index contributed by atoms with van der Waals surface area (Å²) < 4.78 is 7.49. The molecule has 0 saturated heterocycles. The lowest BCUT2D eigenvalue weighted by Crippen LogP contribution is -2.27. The molecule has 0 fully saturated rings. The number of hydrogen-bond acceptors (Lipinski definition) is 5. The average molecular weight is 361 g/mol. The van der Waals surface area contributed by atoms with Gasteiger partial charge in [-0.25, -0.2) is 4.68 Å². The zero-order chi connectivity index (χ0) is 15.8. The van der Waals surface area contributed by atoms with Crippen molar-refractivity contribution in [3.05, 3.63) is 21.0 Å². The summed E-state index contributed by atoms with van der Waals surface area (Å²) in [5.74, 6) is 0.381. The van der Waals surface area contributed by atoms with Crippen LogP contribution in [0.2, 0.25) is 0 Å². The van der Waals surface area contributed by atoms with Crippen molar-refractivity contribution in [3.8, 4) is 0 Å². The lowest BCUT2D eigenvalue weighted by atomic mass is 10.2. The fraction of sp³-hybridized carbons (Fsp3) is 0.714. The molecule has 1 N–H and O–H groups in total. The zero-order valence-corrected chi connectivity index (χ0v) is 14.8. The Morgan fingerprint density at radius 2 is 2.14 bits per heavy atom. The quantitative estimate of drug-likeness (QED) is 0.678.